The van der Waals surface area contributed by atoms with Gasteiger partial charge < -0.3 is 19.7 Å². The summed E-state index contributed by atoms with van der Waals surface area (Å²) < 4.78 is 54.5. The second-order valence-corrected chi connectivity index (χ2v) is 12.0. The van der Waals surface area contributed by atoms with Crippen LogP contribution in [0.25, 0.3) is 32.5 Å². The van der Waals surface area contributed by atoms with Crippen molar-refractivity contribution in [2.45, 2.75) is 34.7 Å². The second kappa shape index (κ2) is 12.2. The number of pyridine rings is 1. The minimum atomic E-state index is -1.60. The number of aliphatic hydroxyl groups excluding tert-OH is 2. The molecule has 218 valence electrons. The summed E-state index contributed by atoms with van der Waals surface area (Å²) in [4.78, 5) is 14.1. The van der Waals surface area contributed by atoms with Crippen LogP contribution in [0.3, 0.4) is 0 Å². The van der Waals surface area contributed by atoms with Gasteiger partial charge in [-0.1, -0.05) is 17.0 Å². The quantitative estimate of drug-likeness (QED) is 0.237. The number of ether oxygens (including phenoxy) is 2. The number of thiazole rings is 2. The Morgan fingerprint density at radius 2 is 1.74 bits per heavy atom. The maximum Gasteiger partial charge on any atom is 0.194 e. The molecule has 0 bridgehead atoms. The van der Waals surface area contributed by atoms with E-state index in [0.29, 0.717) is 15.6 Å². The third kappa shape index (κ3) is 5.46. The van der Waals surface area contributed by atoms with Crippen molar-refractivity contribution >= 4 is 34.4 Å². The van der Waals surface area contributed by atoms with E-state index in [9.17, 15) is 23.4 Å². The van der Waals surface area contributed by atoms with Gasteiger partial charge in [0.1, 0.15) is 51.2 Å². The van der Waals surface area contributed by atoms with Crippen molar-refractivity contribution in [3.63, 3.8) is 0 Å². The molecule has 1 saturated heterocycles. The van der Waals surface area contributed by atoms with Gasteiger partial charge in [-0.3, -0.25) is 4.98 Å². The van der Waals surface area contributed by atoms with Crippen LogP contribution in [-0.2, 0) is 9.47 Å². The smallest absolute Gasteiger partial charge is 0.194 e. The average Bonchev–Trinajstić information content (AvgIpc) is 3.79. The van der Waals surface area contributed by atoms with E-state index in [1.54, 1.807) is 18.6 Å². The van der Waals surface area contributed by atoms with Gasteiger partial charge in [-0.25, -0.2) is 27.8 Å². The molecule has 1 aliphatic rings. The fraction of sp³-hybridized carbons (Fsp3) is 0.269. The lowest BCUT2D eigenvalue weighted by molar-refractivity contribution is -0.186. The highest BCUT2D eigenvalue weighted by atomic mass is 32.2. The lowest BCUT2D eigenvalue weighted by atomic mass is 9.97. The summed E-state index contributed by atoms with van der Waals surface area (Å²) in [6.45, 7) is -0.516. The van der Waals surface area contributed by atoms with Crippen LogP contribution in [0.2, 0.25) is 0 Å². The summed E-state index contributed by atoms with van der Waals surface area (Å²) in [7, 11) is 1.44. The fourth-order valence-electron chi connectivity index (χ4n) is 4.61. The number of halogens is 3. The van der Waals surface area contributed by atoms with Crippen LogP contribution in [0.5, 0.6) is 0 Å². The van der Waals surface area contributed by atoms with Crippen molar-refractivity contribution in [2.75, 3.05) is 13.7 Å². The second-order valence-electron chi connectivity index (χ2n) is 9.11. The van der Waals surface area contributed by atoms with Crippen LogP contribution in [0, 0.1) is 17.5 Å². The van der Waals surface area contributed by atoms with Crippen LogP contribution >= 0.6 is 34.4 Å². The van der Waals surface area contributed by atoms with E-state index < -0.39 is 53.8 Å². The largest absolute Gasteiger partial charge is 0.394 e. The molecular weight excluding hydrogens is 614 g/mol. The number of hydrogen-bond donors (Lipinski definition) is 2. The maximum absolute atomic E-state index is 13.9. The van der Waals surface area contributed by atoms with E-state index in [4.69, 9.17) is 9.47 Å². The average molecular weight is 635 g/mol. The molecule has 1 fully saturated rings. The summed E-state index contributed by atoms with van der Waals surface area (Å²) in [5.41, 5.74) is 0.599. The van der Waals surface area contributed by atoms with Crippen molar-refractivity contribution in [3.05, 3.63) is 71.2 Å². The Hall–Kier alpha value is -3.25. The zero-order valence-corrected chi connectivity index (χ0v) is 24.0. The van der Waals surface area contributed by atoms with Gasteiger partial charge in [0, 0.05) is 52.5 Å². The normalized spacial score (nSPS) is 22.5. The third-order valence-electron chi connectivity index (χ3n) is 6.60. The van der Waals surface area contributed by atoms with Crippen molar-refractivity contribution < 1.29 is 32.9 Å². The third-order valence-corrected chi connectivity index (χ3v) is 9.38. The number of aromatic nitrogens is 6. The van der Waals surface area contributed by atoms with Gasteiger partial charge >= 0.3 is 0 Å². The molecule has 1 aliphatic heterocycles. The van der Waals surface area contributed by atoms with Crippen LogP contribution < -0.4 is 0 Å². The molecule has 10 nitrogen and oxygen atoms in total. The first kappa shape index (κ1) is 28.9. The molecule has 0 amide bonds. The molecule has 4 aromatic heterocycles. The van der Waals surface area contributed by atoms with Gasteiger partial charge in [-0.2, -0.15) is 0 Å². The predicted molar refractivity (Wildman–Crippen MR) is 149 cm³/mol. The molecule has 0 radical (unpaired) electrons. The SMILES string of the molecule is CO[C@@H]1C(n2cc(-c3cc(F)c(F)c(F)c3)nn2)[C@@H](O)C(CO)O[C@@H]1Sc1cc(-c2nccs2)cnc1-c1nccs1. The molecule has 0 spiro atoms. The highest BCUT2D eigenvalue weighted by Crippen LogP contribution is 2.43. The van der Waals surface area contributed by atoms with Crippen LogP contribution in [0.15, 0.2) is 58.6 Å². The standard InChI is InChI=1S/C26H21F3N6O4S3/c1-38-23-21(35-10-16(33-34-35)12-6-14(27)19(29)15(28)7-12)22(37)17(11-36)39-26(23)42-18-8-13(24-30-2-4-40-24)9-32-20(18)25-31-3-5-41-25/h2-10,17,21-23,26,36-37H,11H2,1H3/t17?,21?,22-,23+,26+/m0/s1. The Balaban J connectivity index is 1.37. The molecular formula is C26H21F3N6O4S3. The highest BCUT2D eigenvalue weighted by molar-refractivity contribution is 8.00. The lowest BCUT2D eigenvalue weighted by Gasteiger charge is -2.43. The number of hydrogen-bond acceptors (Lipinski definition) is 12. The Morgan fingerprint density at radius 1 is 1.02 bits per heavy atom. The summed E-state index contributed by atoms with van der Waals surface area (Å²) >= 11 is 4.15. The minimum absolute atomic E-state index is 0.0394. The van der Waals surface area contributed by atoms with Gasteiger partial charge in [0.15, 0.2) is 17.5 Å². The van der Waals surface area contributed by atoms with Gasteiger partial charge in [-0.15, -0.1) is 27.8 Å². The van der Waals surface area contributed by atoms with Crippen molar-refractivity contribution in [2.24, 2.45) is 0 Å². The number of thioether (sulfide) groups is 1. The molecule has 5 aromatic rings. The van der Waals surface area contributed by atoms with E-state index in [1.807, 2.05) is 16.8 Å². The van der Waals surface area contributed by atoms with E-state index in [2.05, 4.69) is 25.3 Å². The topological polar surface area (TPSA) is 128 Å². The molecule has 5 heterocycles. The van der Waals surface area contributed by atoms with E-state index in [0.717, 1.165) is 22.7 Å². The first-order chi connectivity index (χ1) is 20.4. The van der Waals surface area contributed by atoms with E-state index in [-0.39, 0.29) is 11.3 Å². The Morgan fingerprint density at radius 3 is 2.38 bits per heavy atom. The fourth-order valence-corrected chi connectivity index (χ4v) is 7.25. The van der Waals surface area contributed by atoms with Gasteiger partial charge in [0.05, 0.1) is 12.8 Å². The molecule has 6 rings (SSSR count). The minimum Gasteiger partial charge on any atom is -0.394 e. The number of methoxy groups -OCH3 is 1. The van der Waals surface area contributed by atoms with Crippen molar-refractivity contribution in [1.29, 1.82) is 0 Å². The molecule has 42 heavy (non-hydrogen) atoms. The van der Waals surface area contributed by atoms with Crippen LogP contribution in [-0.4, -0.2) is 77.6 Å². The first-order valence-corrected chi connectivity index (χ1v) is 15.0. The molecule has 2 N–H and O–H groups in total. The molecule has 5 atom stereocenters. The van der Waals surface area contributed by atoms with Crippen LogP contribution in [0.4, 0.5) is 13.2 Å². The van der Waals surface area contributed by atoms with Gasteiger partial charge in [0.2, 0.25) is 0 Å². The Bertz CT molecular complexity index is 1650. The van der Waals surface area contributed by atoms with Crippen molar-refractivity contribution in [1.82, 2.24) is 29.9 Å². The highest BCUT2D eigenvalue weighted by Gasteiger charge is 2.47. The first-order valence-electron chi connectivity index (χ1n) is 12.4. The van der Waals surface area contributed by atoms with Gasteiger partial charge in [0.25, 0.3) is 0 Å². The van der Waals surface area contributed by atoms with E-state index in [1.165, 1.54) is 52.4 Å². The maximum atomic E-state index is 13.9. The summed E-state index contributed by atoms with van der Waals surface area (Å²) in [5, 5.41) is 34.5. The summed E-state index contributed by atoms with van der Waals surface area (Å²) in [6.07, 6.45) is 3.27. The van der Waals surface area contributed by atoms with Crippen LogP contribution in [0.1, 0.15) is 6.04 Å². The zero-order valence-electron chi connectivity index (χ0n) is 21.5. The molecule has 16 heteroatoms. The Labute approximate surface area is 248 Å². The predicted octanol–water partition coefficient (Wildman–Crippen LogP) is 4.43. The Kier molecular flexibility index (Phi) is 8.35. The molecule has 0 aliphatic carbocycles. The zero-order chi connectivity index (χ0) is 29.4. The number of nitrogens with zero attached hydrogens (tertiary/aromatic N) is 6. The lowest BCUT2D eigenvalue weighted by Crippen LogP contribution is -2.55. The molecule has 0 saturated carbocycles. The summed E-state index contributed by atoms with van der Waals surface area (Å²) in [5.74, 6) is -4.34. The number of benzene rings is 1. The van der Waals surface area contributed by atoms with Crippen molar-refractivity contribution in [3.8, 4) is 32.5 Å². The molecule has 1 aromatic carbocycles. The van der Waals surface area contributed by atoms with E-state index >= 15 is 0 Å². The number of aliphatic hydroxyl groups is 2. The number of rotatable bonds is 8. The molecule has 2 unspecified atom stereocenters. The monoisotopic (exact) mass is 634 g/mol. The van der Waals surface area contributed by atoms with Gasteiger partial charge in [-0.05, 0) is 18.2 Å². The summed E-state index contributed by atoms with van der Waals surface area (Å²) in [6, 6.07) is 2.59.